The maximum Gasteiger partial charge on any atom is 0.333 e. The molecular weight excluding hydrogens is 424 g/mol. The SMILES string of the molecule is CCN(CC)C(CNC(=O)NNC(=O)c1ccc(Br)s1)c1ccsc1. The lowest BCUT2D eigenvalue weighted by Crippen LogP contribution is -2.48. The summed E-state index contributed by atoms with van der Waals surface area (Å²) >= 11 is 6.24. The van der Waals surface area contributed by atoms with Gasteiger partial charge >= 0.3 is 6.03 Å². The monoisotopic (exact) mass is 444 g/mol. The summed E-state index contributed by atoms with van der Waals surface area (Å²) in [5.74, 6) is -0.344. The minimum absolute atomic E-state index is 0.107. The molecule has 0 spiro atoms. The topological polar surface area (TPSA) is 73.5 Å². The van der Waals surface area contributed by atoms with Crippen molar-refractivity contribution in [2.24, 2.45) is 0 Å². The van der Waals surface area contributed by atoms with Crippen LogP contribution >= 0.6 is 38.6 Å². The third-order valence-electron chi connectivity index (χ3n) is 3.72. The summed E-state index contributed by atoms with van der Waals surface area (Å²) in [4.78, 5) is 26.7. The third-order valence-corrected chi connectivity index (χ3v) is 6.05. The number of amides is 3. The van der Waals surface area contributed by atoms with E-state index in [0.29, 0.717) is 11.4 Å². The molecule has 1 unspecified atom stereocenters. The molecule has 2 aromatic rings. The molecule has 0 saturated carbocycles. The first kappa shape index (κ1) is 19.9. The number of carbonyl (C=O) groups excluding carboxylic acids is 2. The Morgan fingerprint density at radius 1 is 1.20 bits per heavy atom. The van der Waals surface area contributed by atoms with Crippen LogP contribution in [0, 0.1) is 0 Å². The maximum atomic E-state index is 12.0. The van der Waals surface area contributed by atoms with Gasteiger partial charge in [-0.1, -0.05) is 13.8 Å². The van der Waals surface area contributed by atoms with Gasteiger partial charge in [-0.3, -0.25) is 15.1 Å². The zero-order valence-electron chi connectivity index (χ0n) is 14.0. The van der Waals surface area contributed by atoms with Crippen LogP contribution in [0.3, 0.4) is 0 Å². The fourth-order valence-corrected chi connectivity index (χ4v) is 4.42. The molecule has 25 heavy (non-hydrogen) atoms. The van der Waals surface area contributed by atoms with Crippen molar-refractivity contribution in [3.05, 3.63) is 43.2 Å². The van der Waals surface area contributed by atoms with Gasteiger partial charge in [-0.2, -0.15) is 11.3 Å². The summed E-state index contributed by atoms with van der Waals surface area (Å²) in [6, 6.07) is 5.22. The molecular formula is C16H21BrN4O2S2. The summed E-state index contributed by atoms with van der Waals surface area (Å²) in [5, 5.41) is 6.95. The predicted octanol–water partition coefficient (Wildman–Crippen LogP) is 3.60. The highest BCUT2D eigenvalue weighted by molar-refractivity contribution is 9.11. The van der Waals surface area contributed by atoms with Crippen LogP contribution in [0.2, 0.25) is 0 Å². The first-order chi connectivity index (χ1) is 12.0. The number of hydrogen-bond donors (Lipinski definition) is 3. The van der Waals surface area contributed by atoms with Crippen molar-refractivity contribution in [1.82, 2.24) is 21.1 Å². The summed E-state index contributed by atoms with van der Waals surface area (Å²) in [7, 11) is 0. The number of rotatable bonds is 7. The number of urea groups is 1. The quantitative estimate of drug-likeness (QED) is 0.571. The zero-order valence-corrected chi connectivity index (χ0v) is 17.3. The molecule has 0 bridgehead atoms. The first-order valence-corrected chi connectivity index (χ1v) is 10.5. The smallest absolute Gasteiger partial charge is 0.333 e. The number of nitrogens with zero attached hydrogens (tertiary/aromatic N) is 1. The van der Waals surface area contributed by atoms with Gasteiger partial charge in [-0.25, -0.2) is 10.2 Å². The average molecular weight is 445 g/mol. The lowest BCUT2D eigenvalue weighted by atomic mass is 10.1. The Balaban J connectivity index is 1.85. The maximum absolute atomic E-state index is 12.0. The number of hydrogen-bond acceptors (Lipinski definition) is 5. The number of thiophene rings is 2. The van der Waals surface area contributed by atoms with Gasteiger partial charge in [0.05, 0.1) is 14.7 Å². The molecule has 0 aliphatic heterocycles. The minimum atomic E-state index is -0.434. The Bertz CT molecular complexity index is 686. The van der Waals surface area contributed by atoms with Crippen molar-refractivity contribution >= 4 is 50.5 Å². The molecule has 6 nitrogen and oxygen atoms in total. The van der Waals surface area contributed by atoms with Gasteiger partial charge in [0.15, 0.2) is 0 Å². The predicted molar refractivity (Wildman–Crippen MR) is 106 cm³/mol. The van der Waals surface area contributed by atoms with Crippen LogP contribution in [0.15, 0.2) is 32.7 Å². The van der Waals surface area contributed by atoms with Crippen molar-refractivity contribution in [3.63, 3.8) is 0 Å². The van der Waals surface area contributed by atoms with Gasteiger partial charge in [0.2, 0.25) is 0 Å². The standard InChI is InChI=1S/C16H21BrN4O2S2/c1-3-21(4-2)12(11-7-8-24-10-11)9-18-16(23)20-19-15(22)13-5-6-14(17)25-13/h5-8,10,12H,3-4,9H2,1-2H3,(H,19,22)(H2,18,20,23). The number of halogens is 1. The van der Waals surface area contributed by atoms with Crippen LogP contribution in [0.4, 0.5) is 4.79 Å². The largest absolute Gasteiger partial charge is 0.335 e. The van der Waals surface area contributed by atoms with Gasteiger partial charge in [0.1, 0.15) is 0 Å². The average Bonchev–Trinajstić information content (AvgIpc) is 3.28. The first-order valence-electron chi connectivity index (χ1n) is 7.90. The van der Waals surface area contributed by atoms with Crippen LogP contribution < -0.4 is 16.2 Å². The number of nitrogens with one attached hydrogen (secondary N) is 3. The van der Waals surface area contributed by atoms with E-state index in [4.69, 9.17) is 0 Å². The Kier molecular flexibility index (Phi) is 7.89. The molecule has 2 rings (SSSR count). The van der Waals surface area contributed by atoms with E-state index in [2.05, 4.69) is 62.3 Å². The molecule has 0 saturated heterocycles. The second-order valence-corrected chi connectivity index (χ2v) is 8.43. The van der Waals surface area contributed by atoms with E-state index in [1.807, 2.05) is 5.38 Å². The molecule has 0 aliphatic rings. The molecule has 2 heterocycles. The molecule has 1 atom stereocenters. The summed E-state index contributed by atoms with van der Waals surface area (Å²) in [6.07, 6.45) is 0. The van der Waals surface area contributed by atoms with Crippen molar-refractivity contribution in [2.45, 2.75) is 19.9 Å². The fraction of sp³-hybridized carbons (Fsp3) is 0.375. The minimum Gasteiger partial charge on any atom is -0.335 e. The molecule has 0 fully saturated rings. The lowest BCUT2D eigenvalue weighted by Gasteiger charge is -2.29. The Morgan fingerprint density at radius 3 is 2.52 bits per heavy atom. The Morgan fingerprint density at radius 2 is 1.96 bits per heavy atom. The van der Waals surface area contributed by atoms with E-state index in [-0.39, 0.29) is 11.9 Å². The Hall–Kier alpha value is -1.42. The van der Waals surface area contributed by atoms with Crippen molar-refractivity contribution in [2.75, 3.05) is 19.6 Å². The highest BCUT2D eigenvalue weighted by atomic mass is 79.9. The van der Waals surface area contributed by atoms with E-state index in [1.165, 1.54) is 16.9 Å². The molecule has 3 N–H and O–H groups in total. The van der Waals surface area contributed by atoms with Crippen LogP contribution in [-0.4, -0.2) is 36.5 Å². The highest BCUT2D eigenvalue weighted by Crippen LogP contribution is 2.22. The van der Waals surface area contributed by atoms with Gasteiger partial charge in [0, 0.05) is 6.54 Å². The third kappa shape index (κ3) is 5.81. The zero-order chi connectivity index (χ0) is 18.2. The van der Waals surface area contributed by atoms with Crippen molar-refractivity contribution < 1.29 is 9.59 Å². The van der Waals surface area contributed by atoms with E-state index < -0.39 is 6.03 Å². The molecule has 0 radical (unpaired) electrons. The molecule has 0 aromatic carbocycles. The van der Waals surface area contributed by atoms with E-state index >= 15 is 0 Å². The number of hydrazine groups is 1. The van der Waals surface area contributed by atoms with E-state index in [0.717, 1.165) is 16.9 Å². The Labute approximate surface area is 163 Å². The normalized spacial score (nSPS) is 12.0. The van der Waals surface area contributed by atoms with Gasteiger partial charge in [0.25, 0.3) is 5.91 Å². The van der Waals surface area contributed by atoms with Crippen LogP contribution in [0.25, 0.3) is 0 Å². The molecule has 3 amide bonds. The second kappa shape index (κ2) is 9.91. The van der Waals surface area contributed by atoms with Gasteiger partial charge in [-0.15, -0.1) is 11.3 Å². The van der Waals surface area contributed by atoms with Gasteiger partial charge < -0.3 is 5.32 Å². The van der Waals surface area contributed by atoms with E-state index in [1.54, 1.807) is 23.5 Å². The number of carbonyl (C=O) groups is 2. The van der Waals surface area contributed by atoms with Gasteiger partial charge in [-0.05, 0) is 63.5 Å². The summed E-state index contributed by atoms with van der Waals surface area (Å²) in [5.41, 5.74) is 5.98. The fourth-order valence-electron chi connectivity index (χ4n) is 2.43. The lowest BCUT2D eigenvalue weighted by molar-refractivity contribution is 0.0940. The summed E-state index contributed by atoms with van der Waals surface area (Å²) < 4.78 is 0.861. The molecule has 9 heteroatoms. The summed E-state index contributed by atoms with van der Waals surface area (Å²) in [6.45, 7) is 6.45. The van der Waals surface area contributed by atoms with E-state index in [9.17, 15) is 9.59 Å². The molecule has 136 valence electrons. The molecule has 0 aliphatic carbocycles. The van der Waals surface area contributed by atoms with Crippen LogP contribution in [0.5, 0.6) is 0 Å². The van der Waals surface area contributed by atoms with Crippen molar-refractivity contribution in [3.8, 4) is 0 Å². The molecule has 2 aromatic heterocycles. The van der Waals surface area contributed by atoms with Crippen molar-refractivity contribution in [1.29, 1.82) is 0 Å². The van der Waals surface area contributed by atoms with Crippen LogP contribution in [-0.2, 0) is 0 Å². The number of likely N-dealkylation sites (N-methyl/N-ethyl adjacent to an activating group) is 1. The van der Waals surface area contributed by atoms with Crippen LogP contribution in [0.1, 0.15) is 35.1 Å². The second-order valence-electron chi connectivity index (χ2n) is 5.19. The highest BCUT2D eigenvalue weighted by Gasteiger charge is 2.19.